The van der Waals surface area contributed by atoms with E-state index in [1.807, 2.05) is 11.8 Å². The molecule has 33 heavy (non-hydrogen) atoms. The van der Waals surface area contributed by atoms with Crippen molar-refractivity contribution in [2.75, 3.05) is 65.2 Å². The van der Waals surface area contributed by atoms with Gasteiger partial charge in [-0.15, -0.1) is 0 Å². The first-order valence-corrected chi connectivity index (χ1v) is 12.6. The molecule has 3 amide bonds. The van der Waals surface area contributed by atoms with Crippen molar-refractivity contribution in [3.63, 3.8) is 0 Å². The SMILES string of the molecule is O=C(O)CCOCCOCCOCCOCCNC(=O)CCCCC1SCC2NC(=O)NC21. The predicted molar refractivity (Wildman–Crippen MR) is 122 cm³/mol. The Balaban J connectivity index is 1.28. The molecule has 2 rings (SSSR count). The van der Waals surface area contributed by atoms with Gasteiger partial charge in [-0.2, -0.15) is 11.8 Å². The van der Waals surface area contributed by atoms with Crippen LogP contribution in [-0.2, 0) is 28.5 Å². The van der Waals surface area contributed by atoms with Gasteiger partial charge in [-0.1, -0.05) is 6.42 Å². The number of carboxylic acids is 1. The smallest absolute Gasteiger partial charge is 0.315 e. The first-order chi connectivity index (χ1) is 16.1. The highest BCUT2D eigenvalue weighted by Crippen LogP contribution is 2.33. The summed E-state index contributed by atoms with van der Waals surface area (Å²) >= 11 is 1.90. The highest BCUT2D eigenvalue weighted by molar-refractivity contribution is 8.00. The number of carbonyl (C=O) groups excluding carboxylic acids is 2. The topological polar surface area (TPSA) is 144 Å². The Bertz CT molecular complexity index is 598. The van der Waals surface area contributed by atoms with E-state index in [2.05, 4.69) is 16.0 Å². The average Bonchev–Trinajstić information content (AvgIpc) is 3.33. The van der Waals surface area contributed by atoms with Crippen LogP contribution < -0.4 is 16.0 Å². The Morgan fingerprint density at radius 2 is 1.55 bits per heavy atom. The molecule has 0 saturated carbocycles. The Hall–Kier alpha value is -1.60. The lowest BCUT2D eigenvalue weighted by Crippen LogP contribution is -2.36. The minimum atomic E-state index is -0.878. The van der Waals surface area contributed by atoms with Crippen molar-refractivity contribution < 1.29 is 38.4 Å². The molecule has 0 bridgehead atoms. The van der Waals surface area contributed by atoms with E-state index in [1.165, 1.54) is 0 Å². The van der Waals surface area contributed by atoms with Gasteiger partial charge in [-0.25, -0.2) is 4.79 Å². The molecule has 3 unspecified atom stereocenters. The van der Waals surface area contributed by atoms with Crippen molar-refractivity contribution in [1.82, 2.24) is 16.0 Å². The van der Waals surface area contributed by atoms with E-state index in [9.17, 15) is 14.4 Å². The summed E-state index contributed by atoms with van der Waals surface area (Å²) in [5.74, 6) is 0.115. The molecule has 12 heteroatoms. The van der Waals surface area contributed by atoms with Gasteiger partial charge in [-0.05, 0) is 12.8 Å². The minimum Gasteiger partial charge on any atom is -0.481 e. The molecule has 2 aliphatic heterocycles. The number of fused-ring (bicyclic) bond motifs is 1. The van der Waals surface area contributed by atoms with Crippen molar-refractivity contribution in [3.8, 4) is 0 Å². The standard InChI is InChI=1S/C21H37N3O8S/c25-18(4-2-1-3-17-20-16(15-33-17)23-21(28)24-20)22-6-8-30-10-12-32-14-13-31-11-9-29-7-5-19(26)27/h16-17,20H,1-15H2,(H,22,25)(H,26,27)(H2,23,24,28). The van der Waals surface area contributed by atoms with Crippen molar-refractivity contribution in [1.29, 1.82) is 0 Å². The maximum absolute atomic E-state index is 11.9. The third-order valence-electron chi connectivity index (χ3n) is 5.23. The van der Waals surface area contributed by atoms with Gasteiger partial charge in [0.05, 0.1) is 71.4 Å². The molecular formula is C21H37N3O8S. The van der Waals surface area contributed by atoms with Crippen LogP contribution in [-0.4, -0.2) is 106 Å². The van der Waals surface area contributed by atoms with Gasteiger partial charge in [0.2, 0.25) is 5.91 Å². The minimum absolute atomic E-state index is 0.00563. The summed E-state index contributed by atoms with van der Waals surface area (Å²) < 4.78 is 21.2. The van der Waals surface area contributed by atoms with Crippen LogP contribution >= 0.6 is 11.8 Å². The van der Waals surface area contributed by atoms with Crippen LogP contribution in [0.5, 0.6) is 0 Å². The van der Waals surface area contributed by atoms with Gasteiger partial charge in [0, 0.05) is 24.0 Å². The number of unbranched alkanes of at least 4 members (excludes halogenated alkanes) is 1. The Kier molecular flexibility index (Phi) is 14.2. The normalized spacial score (nSPS) is 21.5. The maximum Gasteiger partial charge on any atom is 0.315 e. The number of carbonyl (C=O) groups is 3. The number of rotatable bonds is 20. The fraction of sp³-hybridized carbons (Fsp3) is 0.857. The summed E-state index contributed by atoms with van der Waals surface area (Å²) in [5, 5.41) is 17.7. The van der Waals surface area contributed by atoms with Crippen LogP contribution in [0.3, 0.4) is 0 Å². The lowest BCUT2D eigenvalue weighted by atomic mass is 10.0. The summed E-state index contributed by atoms with van der Waals surface area (Å²) in [6.07, 6.45) is 3.32. The second-order valence-electron chi connectivity index (χ2n) is 7.81. The molecule has 2 aliphatic rings. The molecule has 2 saturated heterocycles. The summed E-state index contributed by atoms with van der Waals surface area (Å²) in [6.45, 7) is 3.63. The largest absolute Gasteiger partial charge is 0.481 e. The average molecular weight is 492 g/mol. The molecule has 4 N–H and O–H groups in total. The number of ether oxygens (including phenoxy) is 4. The molecule has 190 valence electrons. The van der Waals surface area contributed by atoms with E-state index in [1.54, 1.807) is 0 Å². The van der Waals surface area contributed by atoms with Gasteiger partial charge in [0.1, 0.15) is 0 Å². The highest BCUT2D eigenvalue weighted by atomic mass is 32.2. The van der Waals surface area contributed by atoms with Gasteiger partial charge < -0.3 is 40.0 Å². The van der Waals surface area contributed by atoms with Gasteiger partial charge >= 0.3 is 12.0 Å². The zero-order valence-corrected chi connectivity index (χ0v) is 19.9. The number of aliphatic carboxylic acids is 1. The number of nitrogens with one attached hydrogen (secondary N) is 3. The van der Waals surface area contributed by atoms with Crippen molar-refractivity contribution in [2.45, 2.75) is 49.4 Å². The number of urea groups is 1. The number of hydrogen-bond donors (Lipinski definition) is 4. The van der Waals surface area contributed by atoms with E-state index in [0.717, 1.165) is 25.0 Å². The van der Waals surface area contributed by atoms with E-state index in [4.69, 9.17) is 24.1 Å². The van der Waals surface area contributed by atoms with Crippen molar-refractivity contribution in [2.24, 2.45) is 0 Å². The number of carboxylic acid groups (broad SMARTS) is 1. The third kappa shape index (κ3) is 12.4. The van der Waals surface area contributed by atoms with Gasteiger partial charge in [0.15, 0.2) is 0 Å². The van der Waals surface area contributed by atoms with Crippen LogP contribution in [0, 0.1) is 0 Å². The Labute approximate surface area is 199 Å². The molecule has 0 aromatic heterocycles. The van der Waals surface area contributed by atoms with Crippen LogP contribution in [0.2, 0.25) is 0 Å². The van der Waals surface area contributed by atoms with Crippen molar-refractivity contribution >= 4 is 29.7 Å². The molecule has 3 atom stereocenters. The third-order valence-corrected chi connectivity index (χ3v) is 6.73. The molecule has 11 nitrogen and oxygen atoms in total. The fourth-order valence-electron chi connectivity index (χ4n) is 3.55. The van der Waals surface area contributed by atoms with E-state index in [-0.39, 0.29) is 37.0 Å². The fourth-order valence-corrected chi connectivity index (χ4v) is 5.09. The van der Waals surface area contributed by atoms with E-state index in [0.29, 0.717) is 64.5 Å². The molecular weight excluding hydrogens is 454 g/mol. The highest BCUT2D eigenvalue weighted by Gasteiger charge is 2.42. The molecule has 2 fully saturated rings. The molecule has 0 spiro atoms. The first-order valence-electron chi connectivity index (χ1n) is 11.5. The maximum atomic E-state index is 11.9. The summed E-state index contributed by atoms with van der Waals surface area (Å²) in [6, 6.07) is 0.408. The summed E-state index contributed by atoms with van der Waals surface area (Å²) in [7, 11) is 0. The Morgan fingerprint density at radius 1 is 0.909 bits per heavy atom. The van der Waals surface area contributed by atoms with E-state index >= 15 is 0 Å². The molecule has 0 radical (unpaired) electrons. The second kappa shape index (κ2) is 16.9. The van der Waals surface area contributed by atoms with Crippen LogP contribution in [0.25, 0.3) is 0 Å². The number of hydrogen-bond acceptors (Lipinski definition) is 8. The molecule has 2 heterocycles. The van der Waals surface area contributed by atoms with Crippen molar-refractivity contribution in [3.05, 3.63) is 0 Å². The zero-order chi connectivity index (χ0) is 23.7. The zero-order valence-electron chi connectivity index (χ0n) is 19.1. The number of thioether (sulfide) groups is 1. The molecule has 0 aromatic rings. The predicted octanol–water partition coefficient (Wildman–Crippen LogP) is 0.370. The second-order valence-corrected chi connectivity index (χ2v) is 9.08. The van der Waals surface area contributed by atoms with Crippen LogP contribution in [0.15, 0.2) is 0 Å². The summed E-state index contributed by atoms with van der Waals surface area (Å²) in [5.41, 5.74) is 0. The van der Waals surface area contributed by atoms with Gasteiger partial charge in [-0.3, -0.25) is 9.59 Å². The lowest BCUT2D eigenvalue weighted by molar-refractivity contribution is -0.138. The molecule has 0 aliphatic carbocycles. The number of amides is 3. The monoisotopic (exact) mass is 491 g/mol. The quantitative estimate of drug-likeness (QED) is 0.140. The molecule has 0 aromatic carbocycles. The first kappa shape index (κ1) is 27.6. The van der Waals surface area contributed by atoms with Crippen LogP contribution in [0.4, 0.5) is 4.79 Å². The van der Waals surface area contributed by atoms with Gasteiger partial charge in [0.25, 0.3) is 0 Å². The lowest BCUT2D eigenvalue weighted by Gasteiger charge is -2.16. The Morgan fingerprint density at radius 3 is 2.21 bits per heavy atom. The van der Waals surface area contributed by atoms with E-state index < -0.39 is 5.97 Å². The van der Waals surface area contributed by atoms with Crippen LogP contribution in [0.1, 0.15) is 32.1 Å². The summed E-state index contributed by atoms with van der Waals surface area (Å²) in [4.78, 5) is 33.6.